The topological polar surface area (TPSA) is 64.4 Å². The van der Waals surface area contributed by atoms with E-state index >= 15 is 0 Å². The molecule has 0 fully saturated rings. The third-order valence-electron chi connectivity index (χ3n) is 3.03. The van der Waals surface area contributed by atoms with Crippen LogP contribution in [0.15, 0.2) is 24.3 Å². The van der Waals surface area contributed by atoms with Crippen molar-refractivity contribution in [3.05, 3.63) is 30.1 Å². The van der Waals surface area contributed by atoms with Crippen molar-refractivity contribution in [1.29, 1.82) is 0 Å². The van der Waals surface area contributed by atoms with E-state index in [1.54, 1.807) is 12.1 Å². The minimum atomic E-state index is -0.501. The first-order chi connectivity index (χ1) is 9.04. The van der Waals surface area contributed by atoms with E-state index in [1.807, 2.05) is 13.8 Å². The molecule has 0 aromatic heterocycles. The van der Waals surface area contributed by atoms with E-state index in [4.69, 9.17) is 10.5 Å². The van der Waals surface area contributed by atoms with Gasteiger partial charge in [0.05, 0.1) is 12.6 Å². The summed E-state index contributed by atoms with van der Waals surface area (Å²) in [4.78, 5) is 11.7. The van der Waals surface area contributed by atoms with E-state index < -0.39 is 6.04 Å². The molecule has 2 atom stereocenters. The maximum atomic E-state index is 12.9. The van der Waals surface area contributed by atoms with Gasteiger partial charge in [-0.1, -0.05) is 26.3 Å². The van der Waals surface area contributed by atoms with Gasteiger partial charge >= 0.3 is 0 Å². The van der Waals surface area contributed by atoms with E-state index in [1.165, 1.54) is 12.1 Å². The van der Waals surface area contributed by atoms with Gasteiger partial charge in [-0.05, 0) is 18.1 Å². The number of hydrogen-bond acceptors (Lipinski definition) is 3. The highest BCUT2D eigenvalue weighted by atomic mass is 35.5. The molecule has 114 valence electrons. The van der Waals surface area contributed by atoms with Crippen molar-refractivity contribution in [1.82, 2.24) is 5.32 Å². The molecule has 0 spiro atoms. The fourth-order valence-corrected chi connectivity index (χ4v) is 1.53. The van der Waals surface area contributed by atoms with E-state index in [0.29, 0.717) is 12.3 Å². The first-order valence-corrected chi connectivity index (χ1v) is 6.46. The molecule has 1 aromatic rings. The van der Waals surface area contributed by atoms with E-state index in [9.17, 15) is 9.18 Å². The molecule has 0 heterocycles. The number of nitrogens with two attached hydrogens (primary N) is 1. The number of benzene rings is 1. The number of hydrogen-bond donors (Lipinski definition) is 2. The van der Waals surface area contributed by atoms with Crippen LogP contribution in [0.4, 0.5) is 4.39 Å². The smallest absolute Gasteiger partial charge is 0.237 e. The van der Waals surface area contributed by atoms with Crippen molar-refractivity contribution in [2.75, 3.05) is 13.2 Å². The quantitative estimate of drug-likeness (QED) is 0.758. The zero-order chi connectivity index (χ0) is 14.3. The van der Waals surface area contributed by atoms with Crippen molar-refractivity contribution < 1.29 is 13.9 Å². The van der Waals surface area contributed by atoms with E-state index in [2.05, 4.69) is 5.32 Å². The number of carbonyl (C=O) groups excluding carboxylic acids is 1. The highest BCUT2D eigenvalue weighted by Crippen LogP contribution is 2.11. The highest BCUT2D eigenvalue weighted by Gasteiger charge is 2.18. The van der Waals surface area contributed by atoms with Gasteiger partial charge in [-0.2, -0.15) is 0 Å². The lowest BCUT2D eigenvalue weighted by atomic mass is 9.99. The van der Waals surface area contributed by atoms with Crippen molar-refractivity contribution in [3.8, 4) is 5.75 Å². The molecular formula is C14H22ClFN2O2. The first-order valence-electron chi connectivity index (χ1n) is 6.46. The maximum Gasteiger partial charge on any atom is 0.237 e. The molecule has 20 heavy (non-hydrogen) atoms. The number of ether oxygens (including phenoxy) is 1. The molecule has 1 amide bonds. The molecule has 0 saturated carbocycles. The predicted octanol–water partition coefficient (Wildman–Crippen LogP) is 2.12. The van der Waals surface area contributed by atoms with Crippen molar-refractivity contribution in [2.24, 2.45) is 11.7 Å². The van der Waals surface area contributed by atoms with Gasteiger partial charge in [0.2, 0.25) is 5.91 Å². The minimum Gasteiger partial charge on any atom is -0.492 e. The SMILES string of the molecule is CCC(C)C(N)C(=O)NCCOc1cccc(F)c1.Cl. The van der Waals surface area contributed by atoms with Crippen LogP contribution >= 0.6 is 12.4 Å². The highest BCUT2D eigenvalue weighted by molar-refractivity contribution is 5.85. The summed E-state index contributed by atoms with van der Waals surface area (Å²) in [5.41, 5.74) is 5.78. The molecule has 0 aliphatic heterocycles. The maximum absolute atomic E-state index is 12.9. The van der Waals surface area contributed by atoms with Crippen molar-refractivity contribution in [3.63, 3.8) is 0 Å². The summed E-state index contributed by atoms with van der Waals surface area (Å²) in [7, 11) is 0. The second kappa shape index (κ2) is 9.55. The molecule has 0 saturated heterocycles. The van der Waals surface area contributed by atoms with E-state index in [-0.39, 0.29) is 36.7 Å². The van der Waals surface area contributed by atoms with Crippen LogP contribution < -0.4 is 15.8 Å². The van der Waals surface area contributed by atoms with Gasteiger partial charge in [-0.3, -0.25) is 4.79 Å². The van der Waals surface area contributed by atoms with Gasteiger partial charge in [-0.15, -0.1) is 12.4 Å². The fraction of sp³-hybridized carbons (Fsp3) is 0.500. The van der Waals surface area contributed by atoms with Crippen LogP contribution in [-0.2, 0) is 4.79 Å². The third-order valence-corrected chi connectivity index (χ3v) is 3.03. The van der Waals surface area contributed by atoms with Crippen LogP contribution in [0.3, 0.4) is 0 Å². The van der Waals surface area contributed by atoms with Crippen LogP contribution in [0.5, 0.6) is 5.75 Å². The van der Waals surface area contributed by atoms with Crippen molar-refractivity contribution in [2.45, 2.75) is 26.3 Å². The molecule has 6 heteroatoms. The molecular weight excluding hydrogens is 283 g/mol. The average Bonchev–Trinajstić information content (AvgIpc) is 2.41. The second-order valence-electron chi connectivity index (χ2n) is 4.51. The lowest BCUT2D eigenvalue weighted by Crippen LogP contribution is -2.45. The molecule has 4 nitrogen and oxygen atoms in total. The summed E-state index contributed by atoms with van der Waals surface area (Å²) in [6, 6.07) is 5.38. The summed E-state index contributed by atoms with van der Waals surface area (Å²) in [6.07, 6.45) is 0.856. The Morgan fingerprint density at radius 2 is 2.20 bits per heavy atom. The van der Waals surface area contributed by atoms with Gasteiger partial charge in [0.25, 0.3) is 0 Å². The number of amides is 1. The first kappa shape index (κ1) is 18.7. The van der Waals surface area contributed by atoms with Gasteiger partial charge < -0.3 is 15.8 Å². The van der Waals surface area contributed by atoms with Crippen LogP contribution in [0, 0.1) is 11.7 Å². The van der Waals surface area contributed by atoms with Crippen LogP contribution in [0.2, 0.25) is 0 Å². The molecule has 0 bridgehead atoms. The number of halogens is 2. The predicted molar refractivity (Wildman–Crippen MR) is 79.6 cm³/mol. The standard InChI is InChI=1S/C14H21FN2O2.ClH/c1-3-10(2)13(16)14(18)17-7-8-19-12-6-4-5-11(15)9-12;/h4-6,9-10,13H,3,7-8,16H2,1-2H3,(H,17,18);1H. The van der Waals surface area contributed by atoms with Crippen molar-refractivity contribution >= 4 is 18.3 Å². The van der Waals surface area contributed by atoms with Gasteiger partial charge in [0.1, 0.15) is 18.2 Å². The molecule has 2 unspecified atom stereocenters. The second-order valence-corrected chi connectivity index (χ2v) is 4.51. The van der Waals surface area contributed by atoms with Gasteiger partial charge in [-0.25, -0.2) is 4.39 Å². The Morgan fingerprint density at radius 1 is 1.50 bits per heavy atom. The molecule has 0 radical (unpaired) electrons. The zero-order valence-corrected chi connectivity index (χ0v) is 12.6. The fourth-order valence-electron chi connectivity index (χ4n) is 1.53. The Labute approximate surface area is 125 Å². The molecule has 1 rings (SSSR count). The Bertz CT molecular complexity index is 418. The molecule has 3 N–H and O–H groups in total. The monoisotopic (exact) mass is 304 g/mol. The lowest BCUT2D eigenvalue weighted by Gasteiger charge is -2.17. The third kappa shape index (κ3) is 6.21. The Hall–Kier alpha value is -1.33. The summed E-state index contributed by atoms with van der Waals surface area (Å²) < 4.78 is 18.2. The van der Waals surface area contributed by atoms with Gasteiger partial charge in [0.15, 0.2) is 0 Å². The molecule has 1 aromatic carbocycles. The van der Waals surface area contributed by atoms with Gasteiger partial charge in [0, 0.05) is 6.07 Å². The Balaban J connectivity index is 0.00000361. The minimum absolute atomic E-state index is 0. The summed E-state index contributed by atoms with van der Waals surface area (Å²) in [6.45, 7) is 4.56. The molecule has 0 aliphatic carbocycles. The Morgan fingerprint density at radius 3 is 2.80 bits per heavy atom. The normalized spacial score (nSPS) is 13.0. The summed E-state index contributed by atoms with van der Waals surface area (Å²) in [5, 5.41) is 2.70. The number of carbonyl (C=O) groups is 1. The Kier molecular flexibility index (Phi) is 8.92. The average molecular weight is 305 g/mol. The summed E-state index contributed by atoms with van der Waals surface area (Å²) >= 11 is 0. The number of rotatable bonds is 7. The van der Waals surface area contributed by atoms with Crippen LogP contribution in [0.25, 0.3) is 0 Å². The largest absolute Gasteiger partial charge is 0.492 e. The summed E-state index contributed by atoms with van der Waals surface area (Å²) in [5.74, 6) is 0.0575. The van der Waals surface area contributed by atoms with Crippen LogP contribution in [-0.4, -0.2) is 25.1 Å². The van der Waals surface area contributed by atoms with E-state index in [0.717, 1.165) is 6.42 Å². The lowest BCUT2D eigenvalue weighted by molar-refractivity contribution is -0.123. The zero-order valence-electron chi connectivity index (χ0n) is 11.8. The molecule has 0 aliphatic rings. The number of nitrogens with one attached hydrogen (secondary N) is 1. The van der Waals surface area contributed by atoms with Crippen LogP contribution in [0.1, 0.15) is 20.3 Å².